The first-order valence-corrected chi connectivity index (χ1v) is 6.95. The smallest absolute Gasteiger partial charge is 0.185 e. The number of hydrogen-bond donors (Lipinski definition) is 0. The van der Waals surface area contributed by atoms with Crippen molar-refractivity contribution in [2.45, 2.75) is 5.92 Å². The van der Waals surface area contributed by atoms with Crippen LogP contribution in [0, 0.1) is 23.0 Å². The Hall–Kier alpha value is -1.77. The highest BCUT2D eigenvalue weighted by molar-refractivity contribution is 9.10. The van der Waals surface area contributed by atoms with E-state index in [2.05, 4.69) is 15.9 Å². The van der Waals surface area contributed by atoms with Crippen molar-refractivity contribution in [3.05, 3.63) is 68.7 Å². The Labute approximate surface area is 133 Å². The van der Waals surface area contributed by atoms with E-state index >= 15 is 0 Å². The van der Waals surface area contributed by atoms with Gasteiger partial charge in [-0.3, -0.25) is 4.79 Å². The lowest BCUT2D eigenvalue weighted by atomic mass is 9.91. The van der Waals surface area contributed by atoms with E-state index in [9.17, 15) is 18.8 Å². The molecule has 2 rings (SSSR count). The first kappa shape index (κ1) is 15.6. The molecule has 2 aromatic rings. The Morgan fingerprint density at radius 3 is 2.62 bits per heavy atom. The number of Topliss-reactive ketones (excluding diaryl/α,β-unsaturated/α-hetero) is 1. The summed E-state index contributed by atoms with van der Waals surface area (Å²) in [5.41, 5.74) is 0.212. The molecule has 0 heterocycles. The van der Waals surface area contributed by atoms with Crippen molar-refractivity contribution in [1.82, 2.24) is 0 Å². The molecule has 2 aromatic carbocycles. The van der Waals surface area contributed by atoms with Crippen LogP contribution in [0.2, 0.25) is 5.02 Å². The number of nitriles is 1. The average molecular weight is 371 g/mol. The lowest BCUT2D eigenvalue weighted by Gasteiger charge is -2.12. The fraction of sp³-hybridized carbons (Fsp3) is 0.0667. The molecule has 0 radical (unpaired) electrons. The van der Waals surface area contributed by atoms with E-state index in [1.165, 1.54) is 24.3 Å². The molecular formula is C15H7BrClF2NO. The summed E-state index contributed by atoms with van der Waals surface area (Å²) in [5.74, 6) is -3.03. The van der Waals surface area contributed by atoms with Crippen molar-refractivity contribution in [2.24, 2.45) is 0 Å². The van der Waals surface area contributed by atoms with Gasteiger partial charge in [0.05, 0.1) is 10.5 Å². The zero-order chi connectivity index (χ0) is 15.6. The molecule has 0 aliphatic heterocycles. The van der Waals surface area contributed by atoms with Crippen LogP contribution in [0.15, 0.2) is 40.9 Å². The van der Waals surface area contributed by atoms with Gasteiger partial charge in [0.25, 0.3) is 0 Å². The Kier molecular flexibility index (Phi) is 4.71. The maximum atomic E-state index is 13.5. The van der Waals surface area contributed by atoms with Crippen LogP contribution in [-0.2, 0) is 0 Å². The highest BCUT2D eigenvalue weighted by atomic mass is 79.9. The van der Waals surface area contributed by atoms with E-state index in [0.29, 0.717) is 0 Å². The third kappa shape index (κ3) is 3.12. The third-order valence-corrected chi connectivity index (χ3v) is 4.02. The van der Waals surface area contributed by atoms with E-state index in [4.69, 9.17) is 11.6 Å². The SMILES string of the molecule is N#CC(C(=O)c1cccc(F)c1Br)c1ccc(F)cc1Cl. The molecule has 0 bridgehead atoms. The molecule has 0 amide bonds. The van der Waals surface area contributed by atoms with Crippen LogP contribution < -0.4 is 0 Å². The van der Waals surface area contributed by atoms with Gasteiger partial charge in [-0.15, -0.1) is 0 Å². The highest BCUT2D eigenvalue weighted by Gasteiger charge is 2.26. The Morgan fingerprint density at radius 1 is 1.29 bits per heavy atom. The molecule has 1 atom stereocenters. The second-order valence-corrected chi connectivity index (χ2v) is 5.39. The molecule has 1 unspecified atom stereocenters. The summed E-state index contributed by atoms with van der Waals surface area (Å²) in [6, 6.07) is 9.19. The predicted octanol–water partition coefficient (Wildman–Crippen LogP) is 4.87. The molecule has 0 aromatic heterocycles. The predicted molar refractivity (Wildman–Crippen MR) is 78.2 cm³/mol. The minimum atomic E-state index is -1.24. The van der Waals surface area contributed by atoms with Gasteiger partial charge in [-0.05, 0) is 45.8 Å². The number of hydrogen-bond acceptors (Lipinski definition) is 2. The summed E-state index contributed by atoms with van der Waals surface area (Å²) in [6.45, 7) is 0. The third-order valence-electron chi connectivity index (χ3n) is 2.88. The van der Waals surface area contributed by atoms with E-state index in [1.54, 1.807) is 0 Å². The molecule has 21 heavy (non-hydrogen) atoms. The van der Waals surface area contributed by atoms with E-state index < -0.39 is 23.3 Å². The van der Waals surface area contributed by atoms with Gasteiger partial charge in [0.2, 0.25) is 0 Å². The molecular weight excluding hydrogens is 364 g/mol. The van der Waals surface area contributed by atoms with Crippen molar-refractivity contribution in [3.63, 3.8) is 0 Å². The molecule has 0 saturated carbocycles. The summed E-state index contributed by atoms with van der Waals surface area (Å²) in [4.78, 5) is 12.4. The van der Waals surface area contributed by atoms with Crippen LogP contribution in [0.25, 0.3) is 0 Å². The van der Waals surface area contributed by atoms with E-state index in [-0.39, 0.29) is 20.6 Å². The van der Waals surface area contributed by atoms with Gasteiger partial charge in [-0.1, -0.05) is 23.7 Å². The second kappa shape index (κ2) is 6.33. The Balaban J connectivity index is 2.49. The minimum Gasteiger partial charge on any atom is -0.292 e. The van der Waals surface area contributed by atoms with Crippen LogP contribution in [0.4, 0.5) is 8.78 Å². The van der Waals surface area contributed by atoms with Gasteiger partial charge in [-0.2, -0.15) is 5.26 Å². The summed E-state index contributed by atoms with van der Waals surface area (Å²) < 4.78 is 26.5. The molecule has 0 spiro atoms. The maximum absolute atomic E-state index is 13.5. The lowest BCUT2D eigenvalue weighted by Crippen LogP contribution is -2.13. The highest BCUT2D eigenvalue weighted by Crippen LogP contribution is 2.31. The van der Waals surface area contributed by atoms with Gasteiger partial charge in [-0.25, -0.2) is 8.78 Å². The van der Waals surface area contributed by atoms with Crippen LogP contribution >= 0.6 is 27.5 Å². The summed E-state index contributed by atoms with van der Waals surface area (Å²) in [5, 5.41) is 9.21. The molecule has 0 N–H and O–H groups in total. The van der Waals surface area contributed by atoms with Crippen LogP contribution in [0.1, 0.15) is 21.8 Å². The topological polar surface area (TPSA) is 40.9 Å². The van der Waals surface area contributed by atoms with Crippen LogP contribution in [0.5, 0.6) is 0 Å². The molecule has 2 nitrogen and oxygen atoms in total. The number of nitrogens with zero attached hydrogens (tertiary/aromatic N) is 1. The summed E-state index contributed by atoms with van der Waals surface area (Å²) in [7, 11) is 0. The van der Waals surface area contributed by atoms with Crippen LogP contribution in [0.3, 0.4) is 0 Å². The molecule has 0 saturated heterocycles. The number of benzene rings is 2. The number of halogens is 4. The number of ketones is 1. The van der Waals surface area contributed by atoms with Crippen molar-refractivity contribution >= 4 is 33.3 Å². The Bertz CT molecular complexity index is 758. The molecule has 0 fully saturated rings. The number of rotatable bonds is 3. The van der Waals surface area contributed by atoms with Crippen molar-refractivity contribution in [2.75, 3.05) is 0 Å². The average Bonchev–Trinajstić information content (AvgIpc) is 2.44. The van der Waals surface area contributed by atoms with Crippen molar-refractivity contribution in [3.8, 4) is 6.07 Å². The number of carbonyl (C=O) groups is 1. The number of carbonyl (C=O) groups excluding carboxylic acids is 1. The van der Waals surface area contributed by atoms with Crippen LogP contribution in [-0.4, -0.2) is 5.78 Å². The van der Waals surface area contributed by atoms with Crippen molar-refractivity contribution in [1.29, 1.82) is 5.26 Å². The quantitative estimate of drug-likeness (QED) is 0.723. The fourth-order valence-electron chi connectivity index (χ4n) is 1.85. The lowest BCUT2D eigenvalue weighted by molar-refractivity contribution is 0.0977. The second-order valence-electron chi connectivity index (χ2n) is 4.19. The molecule has 0 aliphatic rings. The van der Waals surface area contributed by atoms with Gasteiger partial charge in [0, 0.05) is 10.6 Å². The zero-order valence-electron chi connectivity index (χ0n) is 10.4. The van der Waals surface area contributed by atoms with Gasteiger partial charge < -0.3 is 0 Å². The molecule has 106 valence electrons. The zero-order valence-corrected chi connectivity index (χ0v) is 12.8. The summed E-state index contributed by atoms with van der Waals surface area (Å²) >= 11 is 8.86. The first-order chi connectivity index (χ1) is 9.95. The molecule has 0 aliphatic carbocycles. The largest absolute Gasteiger partial charge is 0.292 e. The maximum Gasteiger partial charge on any atom is 0.185 e. The van der Waals surface area contributed by atoms with Crippen molar-refractivity contribution < 1.29 is 13.6 Å². The molecule has 6 heteroatoms. The first-order valence-electron chi connectivity index (χ1n) is 5.78. The van der Waals surface area contributed by atoms with E-state index in [0.717, 1.165) is 12.1 Å². The summed E-state index contributed by atoms with van der Waals surface area (Å²) in [6.07, 6.45) is 0. The Morgan fingerprint density at radius 2 is 2.00 bits per heavy atom. The van der Waals surface area contributed by atoms with E-state index in [1.807, 2.05) is 6.07 Å². The fourth-order valence-corrected chi connectivity index (χ4v) is 2.59. The van der Waals surface area contributed by atoms with Gasteiger partial charge in [0.1, 0.15) is 17.6 Å². The van der Waals surface area contributed by atoms with Gasteiger partial charge in [0.15, 0.2) is 5.78 Å². The standard InChI is InChI=1S/C15H7BrClF2NO/c16-14-10(2-1-3-13(14)19)15(21)11(7-20)9-5-4-8(18)6-12(9)17/h1-6,11H. The monoisotopic (exact) mass is 369 g/mol. The van der Waals surface area contributed by atoms with Gasteiger partial charge >= 0.3 is 0 Å². The minimum absolute atomic E-state index is 0.0199. The normalized spacial score (nSPS) is 11.8.